The van der Waals surface area contributed by atoms with Crippen LogP contribution in [0.4, 0.5) is 0 Å². The zero-order valence-corrected chi connectivity index (χ0v) is 10.3. The van der Waals surface area contributed by atoms with Crippen molar-refractivity contribution in [1.82, 2.24) is 10.6 Å². The summed E-state index contributed by atoms with van der Waals surface area (Å²) in [5.41, 5.74) is 8.55. The van der Waals surface area contributed by atoms with E-state index in [2.05, 4.69) is 23.8 Å². The average molecular weight is 221 g/mol. The maximum Gasteiger partial charge on any atom is 0.0330 e. The van der Waals surface area contributed by atoms with Crippen molar-refractivity contribution >= 4 is 0 Å². The summed E-state index contributed by atoms with van der Waals surface area (Å²) < 4.78 is 0. The number of rotatable bonds is 8. The fourth-order valence-electron chi connectivity index (χ4n) is 1.32. The van der Waals surface area contributed by atoms with E-state index in [1.165, 1.54) is 0 Å². The Hall–Kier alpha value is -1.48. The average Bonchev–Trinajstić information content (AvgIpc) is 2.24. The Balaban J connectivity index is 4.38. The van der Waals surface area contributed by atoms with E-state index in [4.69, 9.17) is 5.73 Å². The smallest absolute Gasteiger partial charge is 0.0330 e. The molecule has 4 N–H and O–H groups in total. The zero-order valence-electron chi connectivity index (χ0n) is 10.3. The quantitative estimate of drug-likeness (QED) is 0.547. The maximum atomic E-state index is 5.75. The molecule has 0 rings (SSSR count). The molecule has 0 radical (unpaired) electrons. The minimum Gasteiger partial charge on any atom is -0.399 e. The van der Waals surface area contributed by atoms with Gasteiger partial charge in [-0.1, -0.05) is 31.4 Å². The van der Waals surface area contributed by atoms with Crippen LogP contribution in [0.1, 0.15) is 13.3 Å². The molecule has 0 aromatic rings. The Morgan fingerprint density at radius 2 is 2.12 bits per heavy atom. The summed E-state index contributed by atoms with van der Waals surface area (Å²) in [6.45, 7) is 11.1. The molecule has 0 atom stereocenters. The van der Waals surface area contributed by atoms with Gasteiger partial charge in [0.05, 0.1) is 0 Å². The van der Waals surface area contributed by atoms with Crippen LogP contribution in [0.2, 0.25) is 0 Å². The van der Waals surface area contributed by atoms with E-state index in [1.54, 1.807) is 6.08 Å². The second-order valence-electron chi connectivity index (χ2n) is 3.53. The first-order valence-electron chi connectivity index (χ1n) is 5.44. The van der Waals surface area contributed by atoms with Crippen LogP contribution < -0.4 is 16.4 Å². The van der Waals surface area contributed by atoms with Gasteiger partial charge in [0.2, 0.25) is 0 Å². The summed E-state index contributed by atoms with van der Waals surface area (Å²) in [5.74, 6) is 0. The van der Waals surface area contributed by atoms with Crippen LogP contribution in [0.5, 0.6) is 0 Å². The lowest BCUT2D eigenvalue weighted by Gasteiger charge is -2.13. The van der Waals surface area contributed by atoms with Crippen molar-refractivity contribution in [2.75, 3.05) is 20.1 Å². The van der Waals surface area contributed by atoms with E-state index in [-0.39, 0.29) is 0 Å². The molecule has 0 fully saturated rings. The molecule has 3 heteroatoms. The lowest BCUT2D eigenvalue weighted by molar-refractivity contribution is 0.766. The van der Waals surface area contributed by atoms with Gasteiger partial charge in [0.15, 0.2) is 0 Å². The van der Waals surface area contributed by atoms with E-state index in [0.29, 0.717) is 5.70 Å². The largest absolute Gasteiger partial charge is 0.399 e. The standard InChI is InChI=1S/C13H23N3/c1-5-6-7-9-16-12(3)13(11(2)14)8-10-15-4/h5-7,15-16H,1-2,8-10,14H2,3-4H3/b7-6-,13-12-. The van der Waals surface area contributed by atoms with E-state index in [1.807, 2.05) is 26.1 Å². The topological polar surface area (TPSA) is 50.1 Å². The summed E-state index contributed by atoms with van der Waals surface area (Å²) >= 11 is 0. The van der Waals surface area contributed by atoms with Crippen LogP contribution >= 0.6 is 0 Å². The van der Waals surface area contributed by atoms with Crippen LogP contribution in [-0.4, -0.2) is 20.1 Å². The predicted octanol–water partition coefficient (Wildman–Crippen LogP) is 1.67. The van der Waals surface area contributed by atoms with Gasteiger partial charge >= 0.3 is 0 Å². The van der Waals surface area contributed by atoms with Gasteiger partial charge in [-0.3, -0.25) is 0 Å². The number of allylic oxidation sites excluding steroid dienone is 4. The van der Waals surface area contributed by atoms with Gasteiger partial charge < -0.3 is 16.4 Å². The Morgan fingerprint density at radius 1 is 1.44 bits per heavy atom. The first kappa shape index (κ1) is 14.5. The molecule has 0 aliphatic rings. The fourth-order valence-corrected chi connectivity index (χ4v) is 1.32. The number of nitrogens with one attached hydrogen (secondary N) is 2. The summed E-state index contributed by atoms with van der Waals surface area (Å²) in [7, 11) is 1.92. The summed E-state index contributed by atoms with van der Waals surface area (Å²) in [6.07, 6.45) is 6.55. The number of hydrogen-bond acceptors (Lipinski definition) is 3. The highest BCUT2D eigenvalue weighted by atomic mass is 14.9. The first-order valence-corrected chi connectivity index (χ1v) is 5.44. The van der Waals surface area contributed by atoms with Gasteiger partial charge in [-0.25, -0.2) is 0 Å². The van der Waals surface area contributed by atoms with Gasteiger partial charge in [-0.05, 0) is 32.5 Å². The summed E-state index contributed by atoms with van der Waals surface area (Å²) in [5, 5.41) is 6.38. The molecule has 0 amide bonds. The third-order valence-corrected chi connectivity index (χ3v) is 2.22. The third-order valence-electron chi connectivity index (χ3n) is 2.22. The molecule has 0 unspecified atom stereocenters. The Kier molecular flexibility index (Phi) is 7.98. The van der Waals surface area contributed by atoms with Gasteiger partial charge in [0.25, 0.3) is 0 Å². The molecule has 0 aliphatic carbocycles. The van der Waals surface area contributed by atoms with Crippen LogP contribution in [-0.2, 0) is 0 Å². The second-order valence-corrected chi connectivity index (χ2v) is 3.53. The molecule has 0 bridgehead atoms. The molecule has 0 saturated carbocycles. The molecule has 3 nitrogen and oxygen atoms in total. The Labute approximate surface area is 98.8 Å². The molecule has 0 saturated heterocycles. The van der Waals surface area contributed by atoms with Gasteiger partial charge in [-0.2, -0.15) is 0 Å². The molecule has 0 spiro atoms. The molecule has 16 heavy (non-hydrogen) atoms. The van der Waals surface area contributed by atoms with E-state index >= 15 is 0 Å². The van der Waals surface area contributed by atoms with Gasteiger partial charge in [-0.15, -0.1) is 0 Å². The van der Waals surface area contributed by atoms with Crippen LogP contribution in [0, 0.1) is 0 Å². The highest BCUT2D eigenvalue weighted by molar-refractivity contribution is 5.29. The van der Waals surface area contributed by atoms with Crippen molar-refractivity contribution in [3.63, 3.8) is 0 Å². The number of hydrogen-bond donors (Lipinski definition) is 3. The Morgan fingerprint density at radius 3 is 2.62 bits per heavy atom. The summed E-state index contributed by atoms with van der Waals surface area (Å²) in [4.78, 5) is 0. The third kappa shape index (κ3) is 6.09. The molecule has 0 heterocycles. The highest BCUT2D eigenvalue weighted by Crippen LogP contribution is 2.11. The minimum atomic E-state index is 0.632. The van der Waals surface area contributed by atoms with Crippen molar-refractivity contribution < 1.29 is 0 Å². The van der Waals surface area contributed by atoms with Gasteiger partial charge in [0, 0.05) is 17.9 Å². The lowest BCUT2D eigenvalue weighted by atomic mass is 10.1. The van der Waals surface area contributed by atoms with Crippen molar-refractivity contribution in [3.8, 4) is 0 Å². The van der Waals surface area contributed by atoms with Crippen molar-refractivity contribution in [1.29, 1.82) is 0 Å². The fraction of sp³-hybridized carbons (Fsp3) is 0.385. The van der Waals surface area contributed by atoms with E-state index in [9.17, 15) is 0 Å². The SMILES string of the molecule is C=C/C=C\CN/C(C)=C(/CCNC)C(=C)N. The van der Waals surface area contributed by atoms with Crippen LogP contribution in [0.3, 0.4) is 0 Å². The van der Waals surface area contributed by atoms with Gasteiger partial charge in [0.1, 0.15) is 0 Å². The van der Waals surface area contributed by atoms with Crippen molar-refractivity contribution in [2.45, 2.75) is 13.3 Å². The maximum absolute atomic E-state index is 5.75. The molecule has 0 aromatic carbocycles. The number of nitrogens with two attached hydrogens (primary N) is 1. The van der Waals surface area contributed by atoms with E-state index < -0.39 is 0 Å². The predicted molar refractivity (Wildman–Crippen MR) is 71.9 cm³/mol. The zero-order chi connectivity index (χ0) is 12.4. The van der Waals surface area contributed by atoms with Crippen LogP contribution in [0.25, 0.3) is 0 Å². The lowest BCUT2D eigenvalue weighted by Crippen LogP contribution is -2.18. The Bertz CT molecular complexity index is 288. The first-order chi connectivity index (χ1) is 7.63. The van der Waals surface area contributed by atoms with Crippen molar-refractivity contribution in [3.05, 3.63) is 48.4 Å². The minimum absolute atomic E-state index is 0.632. The second kappa shape index (κ2) is 8.80. The van der Waals surface area contributed by atoms with Crippen LogP contribution in [0.15, 0.2) is 48.4 Å². The monoisotopic (exact) mass is 221 g/mol. The molecular weight excluding hydrogens is 198 g/mol. The molecular formula is C13H23N3. The molecule has 0 aromatic heterocycles. The normalized spacial score (nSPS) is 12.4. The van der Waals surface area contributed by atoms with Crippen molar-refractivity contribution in [2.24, 2.45) is 5.73 Å². The molecule has 0 aliphatic heterocycles. The highest BCUT2D eigenvalue weighted by Gasteiger charge is 2.03. The van der Waals surface area contributed by atoms with E-state index in [0.717, 1.165) is 30.8 Å². The summed E-state index contributed by atoms with van der Waals surface area (Å²) in [6, 6.07) is 0. The molecule has 90 valence electrons.